The van der Waals surface area contributed by atoms with Gasteiger partial charge >= 0.3 is 0 Å². The lowest BCUT2D eigenvalue weighted by atomic mass is 10.1. The number of nitrogens with zero attached hydrogens (tertiary/aromatic N) is 2. The van der Waals surface area contributed by atoms with E-state index in [-0.39, 0.29) is 24.9 Å². The van der Waals surface area contributed by atoms with Crippen molar-refractivity contribution >= 4 is 39.9 Å². The predicted octanol–water partition coefficient (Wildman–Crippen LogP) is 2.22. The van der Waals surface area contributed by atoms with Crippen LogP contribution in [0.3, 0.4) is 0 Å². The summed E-state index contributed by atoms with van der Waals surface area (Å²) in [5.74, 6) is -0.254. The number of carbonyl (C=O) groups is 1. The smallest absolute Gasteiger partial charge is 0.243 e. The van der Waals surface area contributed by atoms with Crippen molar-refractivity contribution in [1.29, 1.82) is 0 Å². The van der Waals surface area contributed by atoms with E-state index in [1.165, 1.54) is 12.7 Å². The van der Waals surface area contributed by atoms with E-state index < -0.39 is 6.04 Å². The monoisotopic (exact) mass is 402 g/mol. The van der Waals surface area contributed by atoms with Gasteiger partial charge in [-0.15, -0.1) is 12.4 Å². The lowest BCUT2D eigenvalue weighted by Crippen LogP contribution is -2.39. The number of benzene rings is 1. The van der Waals surface area contributed by atoms with Gasteiger partial charge in [0.15, 0.2) is 0 Å². The summed E-state index contributed by atoms with van der Waals surface area (Å²) in [7, 11) is 1.51. The third kappa shape index (κ3) is 6.31. The maximum atomic E-state index is 11.8. The molecule has 0 radical (unpaired) electrons. The Hall–Kier alpha value is -1.41. The maximum absolute atomic E-state index is 11.8. The summed E-state index contributed by atoms with van der Waals surface area (Å²) in [4.78, 5) is 11.8. The van der Waals surface area contributed by atoms with Crippen LogP contribution in [-0.2, 0) is 22.5 Å². The molecule has 126 valence electrons. The summed E-state index contributed by atoms with van der Waals surface area (Å²) in [5, 5.41) is 6.97. The number of methoxy groups -OCH3 is 1. The minimum Gasteiger partial charge on any atom is -0.383 e. The van der Waals surface area contributed by atoms with Crippen LogP contribution >= 0.6 is 28.3 Å². The number of hydrogen-bond acceptors (Lipinski definition) is 4. The van der Waals surface area contributed by atoms with E-state index in [4.69, 9.17) is 10.5 Å². The van der Waals surface area contributed by atoms with Gasteiger partial charge in [0, 0.05) is 25.5 Å². The summed E-state index contributed by atoms with van der Waals surface area (Å²) in [6.45, 7) is 0.999. The highest BCUT2D eigenvalue weighted by molar-refractivity contribution is 9.10. The average molecular weight is 404 g/mol. The van der Waals surface area contributed by atoms with Gasteiger partial charge in [0.25, 0.3) is 0 Å². The Labute approximate surface area is 149 Å². The van der Waals surface area contributed by atoms with Crippen molar-refractivity contribution in [2.75, 3.05) is 19.0 Å². The molecule has 2 rings (SSSR count). The van der Waals surface area contributed by atoms with Gasteiger partial charge in [-0.2, -0.15) is 5.10 Å². The summed E-state index contributed by atoms with van der Waals surface area (Å²) in [6.07, 6.45) is 4.57. The first-order valence-corrected chi connectivity index (χ1v) is 7.70. The van der Waals surface area contributed by atoms with Gasteiger partial charge in [-0.25, -0.2) is 0 Å². The summed E-state index contributed by atoms with van der Waals surface area (Å²) in [6, 6.07) is 7.03. The van der Waals surface area contributed by atoms with Gasteiger partial charge in [0.1, 0.15) is 6.04 Å². The molecule has 0 aliphatic rings. The van der Waals surface area contributed by atoms with E-state index in [0.717, 1.165) is 23.1 Å². The number of carbonyl (C=O) groups excluding carboxylic acids is 1. The van der Waals surface area contributed by atoms with Crippen LogP contribution < -0.4 is 11.1 Å². The van der Waals surface area contributed by atoms with Crippen molar-refractivity contribution in [3.05, 3.63) is 46.7 Å². The first-order valence-electron chi connectivity index (χ1n) is 6.91. The van der Waals surface area contributed by atoms with Crippen LogP contribution in [0.5, 0.6) is 0 Å². The Balaban J connectivity index is 0.00000264. The number of halogens is 2. The molecule has 1 aromatic heterocycles. The van der Waals surface area contributed by atoms with Crippen molar-refractivity contribution in [3.8, 4) is 0 Å². The third-order valence-corrected chi connectivity index (χ3v) is 3.55. The molecule has 3 N–H and O–H groups in total. The minimum atomic E-state index is -0.664. The molecule has 1 aromatic carbocycles. The van der Waals surface area contributed by atoms with E-state index in [1.807, 2.05) is 35.1 Å². The lowest BCUT2D eigenvalue weighted by Gasteiger charge is -2.11. The van der Waals surface area contributed by atoms with Crippen molar-refractivity contribution in [2.24, 2.45) is 5.73 Å². The Morgan fingerprint density at radius 2 is 2.13 bits per heavy atom. The molecule has 2 aromatic rings. The highest BCUT2D eigenvalue weighted by Gasteiger charge is 2.12. The molecule has 0 saturated heterocycles. The number of anilines is 1. The van der Waals surface area contributed by atoms with E-state index >= 15 is 0 Å². The zero-order chi connectivity index (χ0) is 15.9. The van der Waals surface area contributed by atoms with Crippen LogP contribution in [0, 0.1) is 0 Å². The first kappa shape index (κ1) is 19.6. The number of aromatic nitrogens is 2. The van der Waals surface area contributed by atoms with Gasteiger partial charge in [0.05, 0.1) is 17.3 Å². The number of nitrogens with two attached hydrogens (primary N) is 1. The molecule has 6 nitrogen and oxygen atoms in total. The van der Waals surface area contributed by atoms with Gasteiger partial charge in [-0.05, 0) is 40.0 Å². The summed E-state index contributed by atoms with van der Waals surface area (Å²) in [5.41, 5.74) is 7.57. The van der Waals surface area contributed by atoms with Crippen molar-refractivity contribution in [3.63, 3.8) is 0 Å². The standard InChI is InChI=1S/C15H19BrN4O2.ClH/c1-22-10-14(17)15(21)19-13-4-2-11(3-5-13)6-7-20-9-12(16)8-18-20;/h2-5,8-9,14H,6-7,10,17H2,1H3,(H,19,21);1H. The Bertz CT molecular complexity index is 618. The SMILES string of the molecule is COCC(N)C(=O)Nc1ccc(CCn2cc(Br)cn2)cc1.Cl. The van der Waals surface area contributed by atoms with Crippen LogP contribution in [0.2, 0.25) is 0 Å². The molecule has 0 fully saturated rings. The normalized spacial score (nSPS) is 11.6. The van der Waals surface area contributed by atoms with Crippen molar-refractivity contribution in [2.45, 2.75) is 19.0 Å². The van der Waals surface area contributed by atoms with Crippen molar-refractivity contribution < 1.29 is 9.53 Å². The second kappa shape index (κ2) is 9.67. The topological polar surface area (TPSA) is 82.2 Å². The second-order valence-electron chi connectivity index (χ2n) is 4.92. The largest absolute Gasteiger partial charge is 0.383 e. The van der Waals surface area contributed by atoms with Crippen LogP contribution in [0.4, 0.5) is 5.69 Å². The van der Waals surface area contributed by atoms with Crippen LogP contribution in [0.25, 0.3) is 0 Å². The first-order chi connectivity index (χ1) is 10.6. The number of hydrogen-bond donors (Lipinski definition) is 2. The lowest BCUT2D eigenvalue weighted by molar-refractivity contribution is -0.118. The van der Waals surface area contributed by atoms with E-state index in [1.54, 1.807) is 6.20 Å². The summed E-state index contributed by atoms with van der Waals surface area (Å²) < 4.78 is 7.71. The fraction of sp³-hybridized carbons (Fsp3) is 0.333. The molecule has 8 heteroatoms. The zero-order valence-corrected chi connectivity index (χ0v) is 15.1. The number of rotatable bonds is 7. The molecule has 1 unspecified atom stereocenters. The van der Waals surface area contributed by atoms with Crippen LogP contribution in [0.15, 0.2) is 41.1 Å². The molecule has 0 aliphatic heterocycles. The highest BCUT2D eigenvalue weighted by Crippen LogP contribution is 2.12. The average Bonchev–Trinajstić information content (AvgIpc) is 2.92. The molecule has 0 bridgehead atoms. The fourth-order valence-corrected chi connectivity index (χ4v) is 2.28. The van der Waals surface area contributed by atoms with Gasteiger partial charge in [-0.1, -0.05) is 12.1 Å². The molecular formula is C15H20BrClN4O2. The number of ether oxygens (including phenoxy) is 1. The minimum absolute atomic E-state index is 0. The maximum Gasteiger partial charge on any atom is 0.243 e. The molecule has 23 heavy (non-hydrogen) atoms. The molecule has 1 amide bonds. The van der Waals surface area contributed by atoms with Crippen molar-refractivity contribution in [1.82, 2.24) is 9.78 Å². The highest BCUT2D eigenvalue weighted by atomic mass is 79.9. The van der Waals surface area contributed by atoms with E-state index in [0.29, 0.717) is 0 Å². The molecule has 0 spiro atoms. The van der Waals surface area contributed by atoms with Gasteiger partial charge in [0.2, 0.25) is 5.91 Å². The molecule has 0 saturated carbocycles. The number of amides is 1. The zero-order valence-electron chi connectivity index (χ0n) is 12.7. The van der Waals surface area contributed by atoms with Gasteiger partial charge in [-0.3, -0.25) is 9.48 Å². The molecular weight excluding hydrogens is 384 g/mol. The van der Waals surface area contributed by atoms with E-state index in [9.17, 15) is 4.79 Å². The molecule has 0 aliphatic carbocycles. The predicted molar refractivity (Wildman–Crippen MR) is 95.8 cm³/mol. The van der Waals surface area contributed by atoms with Crippen LogP contribution in [-0.4, -0.2) is 35.4 Å². The second-order valence-corrected chi connectivity index (χ2v) is 5.84. The number of nitrogens with one attached hydrogen (secondary N) is 1. The Morgan fingerprint density at radius 1 is 1.43 bits per heavy atom. The summed E-state index contributed by atoms with van der Waals surface area (Å²) >= 11 is 3.37. The van der Waals surface area contributed by atoms with Gasteiger partial charge < -0.3 is 15.8 Å². The molecule has 1 atom stereocenters. The van der Waals surface area contributed by atoms with Crippen LogP contribution in [0.1, 0.15) is 5.56 Å². The third-order valence-electron chi connectivity index (χ3n) is 3.14. The fourth-order valence-electron chi connectivity index (χ4n) is 1.95. The Morgan fingerprint density at radius 3 is 2.70 bits per heavy atom. The quantitative estimate of drug-likeness (QED) is 0.742. The number of aryl methyl sites for hydroxylation is 2. The Kier molecular flexibility index (Phi) is 8.25. The van der Waals surface area contributed by atoms with E-state index in [2.05, 4.69) is 26.3 Å². The molecule has 1 heterocycles.